The van der Waals surface area contributed by atoms with Crippen LogP contribution in [0.5, 0.6) is 0 Å². The molecule has 5 nitrogen and oxygen atoms in total. The largest absolute Gasteiger partial charge is 0.333 e. The summed E-state index contributed by atoms with van der Waals surface area (Å²) in [6, 6.07) is 25.3. The zero-order valence-electron chi connectivity index (χ0n) is 16.5. The Kier molecular flexibility index (Phi) is 5.49. The fourth-order valence-corrected chi connectivity index (χ4v) is 4.55. The highest BCUT2D eigenvalue weighted by Gasteiger charge is 2.33. The maximum Gasteiger partial charge on any atom is 0.253 e. The first-order chi connectivity index (χ1) is 15.2. The highest BCUT2D eigenvalue weighted by molar-refractivity contribution is 7.99. The summed E-state index contributed by atoms with van der Waals surface area (Å²) in [5.74, 6) is 0.198. The van der Waals surface area contributed by atoms with E-state index in [1.165, 1.54) is 11.8 Å². The standard InChI is InChI=1S/C24H19ClN4OS/c25-18-12-10-16(11-13-18)21-14-22(17-6-2-1-3-7-17)29(28-21)23(30)15-31-24-26-19-8-4-5-9-20(19)27-24/h1-13,22H,14-15H2,(H,26,27)/t22-/m1/s1. The van der Waals surface area contributed by atoms with E-state index in [2.05, 4.69) is 9.97 Å². The lowest BCUT2D eigenvalue weighted by atomic mass is 9.98. The maximum absolute atomic E-state index is 13.2. The molecule has 5 rings (SSSR count). The molecule has 1 N–H and O–H groups in total. The van der Waals surface area contributed by atoms with Gasteiger partial charge >= 0.3 is 0 Å². The zero-order valence-corrected chi connectivity index (χ0v) is 18.1. The predicted molar refractivity (Wildman–Crippen MR) is 125 cm³/mol. The number of H-pyrrole nitrogens is 1. The van der Waals surface area contributed by atoms with Gasteiger partial charge in [-0.3, -0.25) is 4.79 Å². The van der Waals surface area contributed by atoms with Crippen molar-refractivity contribution in [3.05, 3.63) is 95.0 Å². The van der Waals surface area contributed by atoms with E-state index in [1.54, 1.807) is 5.01 Å². The molecule has 4 aromatic rings. The van der Waals surface area contributed by atoms with Crippen molar-refractivity contribution in [3.63, 3.8) is 0 Å². The highest BCUT2D eigenvalue weighted by atomic mass is 35.5. The first-order valence-corrected chi connectivity index (χ1v) is 11.3. The topological polar surface area (TPSA) is 61.4 Å². The lowest BCUT2D eigenvalue weighted by Crippen LogP contribution is -2.28. The van der Waals surface area contributed by atoms with Crippen molar-refractivity contribution < 1.29 is 4.79 Å². The molecule has 1 amide bonds. The molecule has 0 bridgehead atoms. The number of hydrogen-bond donors (Lipinski definition) is 1. The molecule has 1 aromatic heterocycles. The first kappa shape index (κ1) is 19.8. The van der Waals surface area contributed by atoms with Gasteiger partial charge < -0.3 is 4.98 Å². The van der Waals surface area contributed by atoms with Crippen molar-refractivity contribution in [2.75, 3.05) is 5.75 Å². The fraction of sp³-hybridized carbons (Fsp3) is 0.125. The zero-order chi connectivity index (χ0) is 21.2. The minimum atomic E-state index is -0.129. The lowest BCUT2D eigenvalue weighted by Gasteiger charge is -2.21. The van der Waals surface area contributed by atoms with Crippen LogP contribution in [0.3, 0.4) is 0 Å². The first-order valence-electron chi connectivity index (χ1n) is 9.95. The van der Waals surface area contributed by atoms with Crippen LogP contribution in [-0.2, 0) is 4.79 Å². The molecule has 0 radical (unpaired) electrons. The van der Waals surface area contributed by atoms with Crippen molar-refractivity contribution in [2.24, 2.45) is 5.10 Å². The summed E-state index contributed by atoms with van der Waals surface area (Å²) >= 11 is 7.43. The number of nitrogens with zero attached hydrogens (tertiary/aromatic N) is 3. The minimum Gasteiger partial charge on any atom is -0.333 e. The number of para-hydroxylation sites is 2. The molecule has 154 valence electrons. The average Bonchev–Trinajstić information content (AvgIpc) is 3.43. The monoisotopic (exact) mass is 446 g/mol. The van der Waals surface area contributed by atoms with E-state index in [0.29, 0.717) is 11.4 Å². The molecular formula is C24H19ClN4OS. The van der Waals surface area contributed by atoms with Crippen molar-refractivity contribution in [1.82, 2.24) is 15.0 Å². The number of hydrogen-bond acceptors (Lipinski definition) is 4. The molecule has 0 spiro atoms. The summed E-state index contributed by atoms with van der Waals surface area (Å²) in [5, 5.41) is 7.74. The number of thioether (sulfide) groups is 1. The van der Waals surface area contributed by atoms with Gasteiger partial charge in [-0.1, -0.05) is 78.0 Å². The van der Waals surface area contributed by atoms with Crippen LogP contribution < -0.4 is 0 Å². The molecule has 0 unspecified atom stereocenters. The Morgan fingerprint density at radius 3 is 2.55 bits per heavy atom. The molecule has 0 fully saturated rings. The minimum absolute atomic E-state index is 0.0525. The Balaban J connectivity index is 1.38. The van der Waals surface area contributed by atoms with Gasteiger partial charge in [0.15, 0.2) is 5.16 Å². The van der Waals surface area contributed by atoms with Crippen molar-refractivity contribution in [1.29, 1.82) is 0 Å². The van der Waals surface area contributed by atoms with Gasteiger partial charge in [0, 0.05) is 11.4 Å². The second-order valence-corrected chi connectivity index (χ2v) is 8.67. The molecule has 7 heteroatoms. The number of carbonyl (C=O) groups is 1. The Bertz CT molecular complexity index is 1220. The van der Waals surface area contributed by atoms with Crippen molar-refractivity contribution >= 4 is 46.0 Å². The summed E-state index contributed by atoms with van der Waals surface area (Å²) < 4.78 is 0. The molecule has 2 heterocycles. The fourth-order valence-electron chi connectivity index (χ4n) is 3.69. The summed E-state index contributed by atoms with van der Waals surface area (Å²) in [6.07, 6.45) is 0.659. The van der Waals surface area contributed by atoms with Gasteiger partial charge in [-0.2, -0.15) is 5.10 Å². The molecule has 31 heavy (non-hydrogen) atoms. The van der Waals surface area contributed by atoms with Gasteiger partial charge in [-0.25, -0.2) is 9.99 Å². The van der Waals surface area contributed by atoms with Crippen LogP contribution in [0.4, 0.5) is 0 Å². The number of nitrogens with one attached hydrogen (secondary N) is 1. The smallest absolute Gasteiger partial charge is 0.253 e. The van der Waals surface area contributed by atoms with Gasteiger partial charge in [0.25, 0.3) is 5.91 Å². The lowest BCUT2D eigenvalue weighted by molar-refractivity contribution is -0.130. The van der Waals surface area contributed by atoms with Crippen LogP contribution in [0.15, 0.2) is 89.1 Å². The van der Waals surface area contributed by atoms with E-state index in [0.717, 1.165) is 33.0 Å². The molecule has 0 saturated carbocycles. The number of aromatic amines is 1. The SMILES string of the molecule is O=C(CSc1nc2ccccc2[nH]1)N1N=C(c2ccc(Cl)cc2)C[C@@H]1c1ccccc1. The number of benzene rings is 3. The normalized spacial score (nSPS) is 16.0. The molecule has 1 atom stereocenters. The summed E-state index contributed by atoms with van der Waals surface area (Å²) in [7, 11) is 0. The third-order valence-electron chi connectivity index (χ3n) is 5.23. The summed E-state index contributed by atoms with van der Waals surface area (Å²) in [5.41, 5.74) is 4.78. The van der Waals surface area contributed by atoms with Crippen LogP contribution >= 0.6 is 23.4 Å². The Morgan fingerprint density at radius 2 is 1.77 bits per heavy atom. The quantitative estimate of drug-likeness (QED) is 0.401. The number of halogens is 1. The van der Waals surface area contributed by atoms with E-state index < -0.39 is 0 Å². The molecular weight excluding hydrogens is 428 g/mol. The van der Waals surface area contributed by atoms with E-state index in [1.807, 2.05) is 78.9 Å². The summed E-state index contributed by atoms with van der Waals surface area (Å²) in [6.45, 7) is 0. The van der Waals surface area contributed by atoms with Crippen LogP contribution in [-0.4, -0.2) is 32.3 Å². The summed E-state index contributed by atoms with van der Waals surface area (Å²) in [4.78, 5) is 21.0. The number of imidazole rings is 1. The number of amides is 1. The highest BCUT2D eigenvalue weighted by Crippen LogP contribution is 2.34. The van der Waals surface area contributed by atoms with Gasteiger partial charge in [-0.05, 0) is 35.4 Å². The van der Waals surface area contributed by atoms with E-state index >= 15 is 0 Å². The van der Waals surface area contributed by atoms with E-state index in [-0.39, 0.29) is 17.7 Å². The second-order valence-electron chi connectivity index (χ2n) is 7.27. The van der Waals surface area contributed by atoms with Gasteiger partial charge in [-0.15, -0.1) is 0 Å². The van der Waals surface area contributed by atoms with Crippen LogP contribution in [0.1, 0.15) is 23.6 Å². The Hall–Kier alpha value is -3.09. The molecule has 1 aliphatic heterocycles. The number of carbonyl (C=O) groups excluding carboxylic acids is 1. The second kappa shape index (κ2) is 8.57. The van der Waals surface area contributed by atoms with Crippen LogP contribution in [0.2, 0.25) is 5.02 Å². The number of aromatic nitrogens is 2. The van der Waals surface area contributed by atoms with Crippen LogP contribution in [0, 0.1) is 0 Å². The third-order valence-corrected chi connectivity index (χ3v) is 6.34. The van der Waals surface area contributed by atoms with Crippen molar-refractivity contribution in [3.8, 4) is 0 Å². The number of rotatable bonds is 5. The Morgan fingerprint density at radius 1 is 1.03 bits per heavy atom. The van der Waals surface area contributed by atoms with Gasteiger partial charge in [0.05, 0.1) is 28.5 Å². The molecule has 1 aliphatic rings. The molecule has 0 saturated heterocycles. The molecule has 0 aliphatic carbocycles. The van der Waals surface area contributed by atoms with E-state index in [9.17, 15) is 4.79 Å². The van der Waals surface area contributed by atoms with E-state index in [4.69, 9.17) is 16.7 Å². The van der Waals surface area contributed by atoms with Crippen LogP contribution in [0.25, 0.3) is 11.0 Å². The third kappa shape index (κ3) is 4.22. The van der Waals surface area contributed by atoms with Gasteiger partial charge in [0.1, 0.15) is 0 Å². The van der Waals surface area contributed by atoms with Gasteiger partial charge in [0.2, 0.25) is 0 Å². The number of fused-ring (bicyclic) bond motifs is 1. The maximum atomic E-state index is 13.2. The Labute approximate surface area is 189 Å². The average molecular weight is 447 g/mol. The van der Waals surface area contributed by atoms with Crippen molar-refractivity contribution in [2.45, 2.75) is 17.6 Å². The number of hydrazone groups is 1. The predicted octanol–water partition coefficient (Wildman–Crippen LogP) is 5.69. The molecule has 3 aromatic carbocycles.